The number of ether oxygens (including phenoxy) is 2. The van der Waals surface area contributed by atoms with Gasteiger partial charge in [0, 0.05) is 17.1 Å². The highest BCUT2D eigenvalue weighted by molar-refractivity contribution is 7.92. The maximum Gasteiger partial charge on any atom is 0.348 e. The van der Waals surface area contributed by atoms with Crippen molar-refractivity contribution in [2.75, 3.05) is 29.4 Å². The lowest BCUT2D eigenvalue weighted by atomic mass is 10.1. The molecule has 0 spiro atoms. The van der Waals surface area contributed by atoms with Crippen LogP contribution in [0.25, 0.3) is 0 Å². The first-order valence-electron chi connectivity index (χ1n) is 10.9. The van der Waals surface area contributed by atoms with Crippen molar-refractivity contribution in [2.45, 2.75) is 17.4 Å². The number of amides is 1. The Balaban J connectivity index is 1.45. The van der Waals surface area contributed by atoms with Crippen LogP contribution in [0.4, 0.5) is 11.4 Å². The van der Waals surface area contributed by atoms with E-state index in [4.69, 9.17) is 21.1 Å². The second-order valence-electron chi connectivity index (χ2n) is 8.14. The summed E-state index contributed by atoms with van der Waals surface area (Å²) in [6.07, 6.45) is -0.485. The van der Waals surface area contributed by atoms with Crippen molar-refractivity contribution < 1.29 is 27.5 Å². The first-order valence-corrected chi connectivity index (χ1v) is 12.7. The molecule has 0 saturated heterocycles. The number of benzene rings is 3. The van der Waals surface area contributed by atoms with E-state index in [9.17, 15) is 18.0 Å². The van der Waals surface area contributed by atoms with Crippen LogP contribution in [0, 0.1) is 0 Å². The Bertz CT molecular complexity index is 1420. The first kappa shape index (κ1) is 23.2. The van der Waals surface area contributed by atoms with Crippen LogP contribution in [0.5, 0.6) is 5.75 Å². The van der Waals surface area contributed by atoms with Gasteiger partial charge in [0.2, 0.25) is 6.10 Å². The van der Waals surface area contributed by atoms with Crippen LogP contribution in [-0.4, -0.2) is 46.6 Å². The fourth-order valence-corrected chi connectivity index (χ4v) is 5.95. The summed E-state index contributed by atoms with van der Waals surface area (Å²) in [6, 6.07) is 17.9. The predicted octanol–water partition coefficient (Wildman–Crippen LogP) is 3.67. The molecule has 0 radical (unpaired) electrons. The molecule has 3 aromatic carbocycles. The molecule has 0 fully saturated rings. The molecule has 0 saturated carbocycles. The summed E-state index contributed by atoms with van der Waals surface area (Å²) in [5.74, 6) is -0.491. The Kier molecular flexibility index (Phi) is 5.90. The summed E-state index contributed by atoms with van der Waals surface area (Å²) >= 11 is 5.90. The van der Waals surface area contributed by atoms with Gasteiger partial charge < -0.3 is 14.4 Å². The SMILES string of the molecule is COC(=O)[C@@H]1CN(C(=O)c2ccc3c(c2)CCN3S(=O)(=O)c2ccc(Cl)cc2)c2ccccc2O1. The topological polar surface area (TPSA) is 93.2 Å². The zero-order chi connectivity index (χ0) is 24.7. The van der Waals surface area contributed by atoms with E-state index in [-0.39, 0.29) is 23.9 Å². The number of sulfonamides is 1. The van der Waals surface area contributed by atoms with Crippen LogP contribution in [-0.2, 0) is 26.0 Å². The highest BCUT2D eigenvalue weighted by Crippen LogP contribution is 2.37. The molecule has 0 bridgehead atoms. The Hall–Kier alpha value is -3.56. The second kappa shape index (κ2) is 8.90. The van der Waals surface area contributed by atoms with Gasteiger partial charge in [0.1, 0.15) is 5.75 Å². The summed E-state index contributed by atoms with van der Waals surface area (Å²) in [7, 11) is -2.50. The highest BCUT2D eigenvalue weighted by Gasteiger charge is 2.36. The molecule has 0 aromatic heterocycles. The van der Waals surface area contributed by atoms with Crippen molar-refractivity contribution in [1.82, 2.24) is 0 Å². The van der Waals surface area contributed by atoms with Crippen molar-refractivity contribution >= 4 is 44.9 Å². The standard InChI is InChI=1S/C25H21ClN2O6S/c1-33-25(30)23-15-27(21-4-2-3-5-22(21)34-23)24(29)17-6-11-20-16(14-17)12-13-28(20)35(31,32)19-9-7-18(26)8-10-19/h2-11,14,23H,12-13,15H2,1H3/t23-/m0/s1. The molecule has 1 atom stereocenters. The molecular weight excluding hydrogens is 492 g/mol. The maximum absolute atomic E-state index is 13.5. The summed E-state index contributed by atoms with van der Waals surface area (Å²) < 4.78 is 38.3. The number of nitrogens with zero attached hydrogens (tertiary/aromatic N) is 2. The largest absolute Gasteiger partial charge is 0.475 e. The second-order valence-corrected chi connectivity index (χ2v) is 10.4. The number of rotatable bonds is 4. The molecule has 35 heavy (non-hydrogen) atoms. The van der Waals surface area contributed by atoms with Gasteiger partial charge in [0.25, 0.3) is 15.9 Å². The number of carbonyl (C=O) groups is 2. The van der Waals surface area contributed by atoms with E-state index in [2.05, 4.69) is 0 Å². The molecule has 5 rings (SSSR count). The minimum atomic E-state index is -3.77. The quantitative estimate of drug-likeness (QED) is 0.495. The van der Waals surface area contributed by atoms with Crippen molar-refractivity contribution in [3.05, 3.63) is 82.9 Å². The molecule has 10 heteroatoms. The average molecular weight is 513 g/mol. The van der Waals surface area contributed by atoms with E-state index in [1.165, 1.54) is 40.6 Å². The smallest absolute Gasteiger partial charge is 0.348 e. The van der Waals surface area contributed by atoms with Crippen LogP contribution in [0.3, 0.4) is 0 Å². The number of halogens is 1. The number of hydrogen-bond acceptors (Lipinski definition) is 6. The van der Waals surface area contributed by atoms with E-state index in [1.54, 1.807) is 42.5 Å². The number of esters is 1. The molecule has 2 aliphatic heterocycles. The Labute approximate surface area is 207 Å². The summed E-state index contributed by atoms with van der Waals surface area (Å²) in [4.78, 5) is 27.3. The van der Waals surface area contributed by atoms with E-state index >= 15 is 0 Å². The Morgan fingerprint density at radius 2 is 1.77 bits per heavy atom. The normalized spacial score (nSPS) is 16.8. The van der Waals surface area contributed by atoms with E-state index < -0.39 is 22.1 Å². The van der Waals surface area contributed by atoms with E-state index in [0.29, 0.717) is 34.1 Å². The summed E-state index contributed by atoms with van der Waals surface area (Å²) in [5, 5.41) is 0.452. The molecule has 0 aliphatic carbocycles. The van der Waals surface area contributed by atoms with Crippen LogP contribution in [0.1, 0.15) is 15.9 Å². The van der Waals surface area contributed by atoms with Crippen molar-refractivity contribution in [3.8, 4) is 5.75 Å². The lowest BCUT2D eigenvalue weighted by molar-refractivity contribution is -0.148. The minimum Gasteiger partial charge on any atom is -0.475 e. The number of fused-ring (bicyclic) bond motifs is 2. The molecule has 3 aromatic rings. The molecular formula is C25H21ClN2O6S. The highest BCUT2D eigenvalue weighted by atomic mass is 35.5. The Morgan fingerprint density at radius 3 is 2.51 bits per heavy atom. The zero-order valence-corrected chi connectivity index (χ0v) is 20.3. The molecule has 2 heterocycles. The molecule has 0 N–H and O–H groups in total. The van der Waals surface area contributed by atoms with E-state index in [1.807, 2.05) is 0 Å². The monoisotopic (exact) mass is 512 g/mol. The number of anilines is 2. The summed E-state index contributed by atoms with van der Waals surface area (Å²) in [6.45, 7) is 0.263. The van der Waals surface area contributed by atoms with Gasteiger partial charge in [-0.1, -0.05) is 23.7 Å². The fourth-order valence-electron chi connectivity index (χ4n) is 4.32. The molecule has 8 nitrogen and oxygen atoms in total. The van der Waals surface area contributed by atoms with Crippen LogP contribution < -0.4 is 13.9 Å². The third-order valence-corrected chi connectivity index (χ3v) is 8.14. The van der Waals surface area contributed by atoms with Gasteiger partial charge >= 0.3 is 5.97 Å². The van der Waals surface area contributed by atoms with Crippen LogP contribution >= 0.6 is 11.6 Å². The molecule has 1 amide bonds. The number of carbonyl (C=O) groups excluding carboxylic acids is 2. The van der Waals surface area contributed by atoms with Crippen LogP contribution in [0.2, 0.25) is 5.02 Å². The fraction of sp³-hybridized carbons (Fsp3) is 0.200. The van der Waals surface area contributed by atoms with Gasteiger partial charge in [0.15, 0.2) is 0 Å². The van der Waals surface area contributed by atoms with Gasteiger partial charge in [-0.2, -0.15) is 0 Å². The van der Waals surface area contributed by atoms with Crippen molar-refractivity contribution in [2.24, 2.45) is 0 Å². The number of methoxy groups -OCH3 is 1. The van der Waals surface area contributed by atoms with Crippen molar-refractivity contribution in [1.29, 1.82) is 0 Å². The summed E-state index contributed by atoms with van der Waals surface area (Å²) in [5.41, 5.74) is 2.21. The van der Waals surface area contributed by atoms with E-state index in [0.717, 1.165) is 5.56 Å². The van der Waals surface area contributed by atoms with Crippen molar-refractivity contribution in [3.63, 3.8) is 0 Å². The van der Waals surface area contributed by atoms with Gasteiger partial charge in [-0.15, -0.1) is 0 Å². The third-order valence-electron chi connectivity index (χ3n) is 6.06. The number of para-hydroxylation sites is 2. The third kappa shape index (κ3) is 4.11. The van der Waals surface area contributed by atoms with Gasteiger partial charge in [-0.05, 0) is 66.6 Å². The first-order chi connectivity index (χ1) is 16.8. The number of hydrogen-bond donors (Lipinski definition) is 0. The lowest BCUT2D eigenvalue weighted by Crippen LogP contribution is -2.47. The molecule has 180 valence electrons. The molecule has 0 unspecified atom stereocenters. The minimum absolute atomic E-state index is 0.00330. The predicted molar refractivity (Wildman–Crippen MR) is 131 cm³/mol. The maximum atomic E-state index is 13.5. The average Bonchev–Trinajstić information content (AvgIpc) is 3.31. The molecule has 2 aliphatic rings. The lowest BCUT2D eigenvalue weighted by Gasteiger charge is -2.33. The van der Waals surface area contributed by atoms with Gasteiger partial charge in [-0.3, -0.25) is 9.10 Å². The van der Waals surface area contributed by atoms with Crippen LogP contribution in [0.15, 0.2) is 71.6 Å². The van der Waals surface area contributed by atoms with Gasteiger partial charge in [-0.25, -0.2) is 13.2 Å². The Morgan fingerprint density at radius 1 is 1.03 bits per heavy atom. The zero-order valence-electron chi connectivity index (χ0n) is 18.7. The van der Waals surface area contributed by atoms with Gasteiger partial charge in [0.05, 0.1) is 29.9 Å².